The molecule has 1 aromatic carbocycles. The van der Waals surface area contributed by atoms with Gasteiger partial charge in [0.25, 0.3) is 0 Å². The van der Waals surface area contributed by atoms with Gasteiger partial charge in [0.1, 0.15) is 0 Å². The van der Waals surface area contributed by atoms with E-state index in [4.69, 9.17) is 0 Å². The molecular formula is C15H24N2O. The van der Waals surface area contributed by atoms with Gasteiger partial charge in [-0.2, -0.15) is 0 Å². The van der Waals surface area contributed by atoms with E-state index in [0.717, 1.165) is 11.4 Å². The Morgan fingerprint density at radius 2 is 1.94 bits per heavy atom. The number of benzene rings is 1. The summed E-state index contributed by atoms with van der Waals surface area (Å²) >= 11 is 0. The lowest BCUT2D eigenvalue weighted by molar-refractivity contribution is -0.115. The third-order valence-electron chi connectivity index (χ3n) is 3.23. The van der Waals surface area contributed by atoms with E-state index >= 15 is 0 Å². The highest BCUT2D eigenvalue weighted by molar-refractivity contribution is 5.91. The van der Waals surface area contributed by atoms with Crippen LogP contribution in [0.25, 0.3) is 0 Å². The van der Waals surface area contributed by atoms with Gasteiger partial charge in [0.2, 0.25) is 5.91 Å². The van der Waals surface area contributed by atoms with Crippen molar-refractivity contribution in [1.82, 2.24) is 0 Å². The molecule has 0 aliphatic rings. The quantitative estimate of drug-likeness (QED) is 0.832. The molecule has 0 aromatic heterocycles. The first kappa shape index (κ1) is 14.6. The molecular weight excluding hydrogens is 224 g/mol. The van der Waals surface area contributed by atoms with Crippen LogP contribution in [0.15, 0.2) is 18.2 Å². The number of carbonyl (C=O) groups is 1. The first-order chi connectivity index (χ1) is 8.43. The SMILES string of the molecule is CCC(=O)Nc1ccc(C)c(NC(C)C(C)C)c1. The van der Waals surface area contributed by atoms with Crippen molar-refractivity contribution in [3.8, 4) is 0 Å². The first-order valence-corrected chi connectivity index (χ1v) is 6.61. The standard InChI is InChI=1S/C15H24N2O/c1-6-15(18)17-13-8-7-11(4)14(9-13)16-12(5)10(2)3/h7-10,12,16H,6H2,1-5H3,(H,17,18). The highest BCUT2D eigenvalue weighted by Crippen LogP contribution is 2.22. The summed E-state index contributed by atoms with van der Waals surface area (Å²) in [5.74, 6) is 0.611. The Kier molecular flexibility index (Phi) is 5.20. The van der Waals surface area contributed by atoms with Crippen LogP contribution in [-0.2, 0) is 4.79 Å². The van der Waals surface area contributed by atoms with Crippen LogP contribution in [0.3, 0.4) is 0 Å². The summed E-state index contributed by atoms with van der Waals surface area (Å²) in [6.45, 7) is 10.5. The van der Waals surface area contributed by atoms with Gasteiger partial charge in [0, 0.05) is 23.8 Å². The van der Waals surface area contributed by atoms with Gasteiger partial charge in [0.05, 0.1) is 0 Å². The van der Waals surface area contributed by atoms with Gasteiger partial charge in [-0.1, -0.05) is 26.8 Å². The molecule has 1 atom stereocenters. The van der Waals surface area contributed by atoms with Gasteiger partial charge in [-0.3, -0.25) is 4.79 Å². The molecule has 1 unspecified atom stereocenters. The summed E-state index contributed by atoms with van der Waals surface area (Å²) in [7, 11) is 0. The third-order valence-corrected chi connectivity index (χ3v) is 3.23. The number of aryl methyl sites for hydroxylation is 1. The molecule has 1 aromatic rings. The van der Waals surface area contributed by atoms with Crippen molar-refractivity contribution in [2.75, 3.05) is 10.6 Å². The van der Waals surface area contributed by atoms with Gasteiger partial charge < -0.3 is 10.6 Å². The number of rotatable bonds is 5. The van der Waals surface area contributed by atoms with Crippen molar-refractivity contribution in [2.45, 2.75) is 47.1 Å². The van der Waals surface area contributed by atoms with Crippen molar-refractivity contribution >= 4 is 17.3 Å². The Morgan fingerprint density at radius 3 is 2.50 bits per heavy atom. The Balaban J connectivity index is 2.84. The minimum Gasteiger partial charge on any atom is -0.382 e. The molecule has 0 heterocycles. The van der Waals surface area contributed by atoms with E-state index in [9.17, 15) is 4.79 Å². The summed E-state index contributed by atoms with van der Waals surface area (Å²) in [6.07, 6.45) is 0.499. The van der Waals surface area contributed by atoms with Crippen LogP contribution in [0.1, 0.15) is 39.7 Å². The predicted octanol–water partition coefficient (Wildman–Crippen LogP) is 3.80. The predicted molar refractivity (Wildman–Crippen MR) is 78.0 cm³/mol. The zero-order valence-corrected chi connectivity index (χ0v) is 12.0. The number of hydrogen-bond donors (Lipinski definition) is 2. The van der Waals surface area contributed by atoms with Crippen molar-refractivity contribution in [3.63, 3.8) is 0 Å². The van der Waals surface area contributed by atoms with E-state index < -0.39 is 0 Å². The molecule has 2 N–H and O–H groups in total. The zero-order valence-electron chi connectivity index (χ0n) is 12.0. The lowest BCUT2D eigenvalue weighted by atomic mass is 10.1. The van der Waals surface area contributed by atoms with Gasteiger partial charge in [-0.15, -0.1) is 0 Å². The number of anilines is 2. The molecule has 18 heavy (non-hydrogen) atoms. The second kappa shape index (κ2) is 6.43. The molecule has 0 radical (unpaired) electrons. The largest absolute Gasteiger partial charge is 0.382 e. The van der Waals surface area contributed by atoms with Gasteiger partial charge >= 0.3 is 0 Å². The molecule has 0 saturated carbocycles. The maximum atomic E-state index is 11.4. The average molecular weight is 248 g/mol. The van der Waals surface area contributed by atoms with Crippen molar-refractivity contribution in [2.24, 2.45) is 5.92 Å². The molecule has 0 saturated heterocycles. The van der Waals surface area contributed by atoms with Gasteiger partial charge in [-0.05, 0) is 37.5 Å². The van der Waals surface area contributed by atoms with Gasteiger partial charge in [-0.25, -0.2) is 0 Å². The molecule has 0 spiro atoms. The molecule has 0 bridgehead atoms. The maximum Gasteiger partial charge on any atom is 0.224 e. The molecule has 1 amide bonds. The molecule has 100 valence electrons. The van der Waals surface area contributed by atoms with Gasteiger partial charge in [0.15, 0.2) is 0 Å². The average Bonchev–Trinajstić information content (AvgIpc) is 2.33. The Morgan fingerprint density at radius 1 is 1.28 bits per heavy atom. The third kappa shape index (κ3) is 4.06. The van der Waals surface area contributed by atoms with E-state index in [-0.39, 0.29) is 5.91 Å². The van der Waals surface area contributed by atoms with Crippen LogP contribution < -0.4 is 10.6 Å². The zero-order chi connectivity index (χ0) is 13.7. The van der Waals surface area contributed by atoms with Crippen molar-refractivity contribution < 1.29 is 4.79 Å². The highest BCUT2D eigenvalue weighted by Gasteiger charge is 2.09. The second-order valence-electron chi connectivity index (χ2n) is 5.11. The summed E-state index contributed by atoms with van der Waals surface area (Å²) in [5.41, 5.74) is 3.13. The monoisotopic (exact) mass is 248 g/mol. The molecule has 0 aliphatic heterocycles. The smallest absolute Gasteiger partial charge is 0.224 e. The number of nitrogens with one attached hydrogen (secondary N) is 2. The van der Waals surface area contributed by atoms with Crippen LogP contribution in [0.2, 0.25) is 0 Å². The van der Waals surface area contributed by atoms with E-state index in [1.165, 1.54) is 5.56 Å². The number of hydrogen-bond acceptors (Lipinski definition) is 2. The van der Waals surface area contributed by atoms with Crippen molar-refractivity contribution in [3.05, 3.63) is 23.8 Å². The topological polar surface area (TPSA) is 41.1 Å². The minimum absolute atomic E-state index is 0.0433. The highest BCUT2D eigenvalue weighted by atomic mass is 16.1. The fraction of sp³-hybridized carbons (Fsp3) is 0.533. The molecule has 0 fully saturated rings. The van der Waals surface area contributed by atoms with Crippen LogP contribution in [0, 0.1) is 12.8 Å². The number of amides is 1. The fourth-order valence-corrected chi connectivity index (χ4v) is 1.52. The lowest BCUT2D eigenvalue weighted by Gasteiger charge is -2.21. The second-order valence-corrected chi connectivity index (χ2v) is 5.11. The minimum atomic E-state index is 0.0433. The summed E-state index contributed by atoms with van der Waals surface area (Å²) < 4.78 is 0. The summed E-state index contributed by atoms with van der Waals surface area (Å²) in [6, 6.07) is 6.37. The van der Waals surface area contributed by atoms with E-state index in [1.807, 2.05) is 25.1 Å². The lowest BCUT2D eigenvalue weighted by Crippen LogP contribution is -2.22. The maximum absolute atomic E-state index is 11.4. The van der Waals surface area contributed by atoms with Crippen LogP contribution in [-0.4, -0.2) is 11.9 Å². The molecule has 1 rings (SSSR count). The Hall–Kier alpha value is -1.51. The van der Waals surface area contributed by atoms with Crippen LogP contribution >= 0.6 is 0 Å². The molecule has 3 heteroatoms. The van der Waals surface area contributed by atoms with Crippen LogP contribution in [0.5, 0.6) is 0 Å². The van der Waals surface area contributed by atoms with E-state index in [2.05, 4.69) is 38.3 Å². The molecule has 0 aliphatic carbocycles. The summed E-state index contributed by atoms with van der Waals surface area (Å²) in [5, 5.41) is 6.37. The van der Waals surface area contributed by atoms with Crippen molar-refractivity contribution in [1.29, 1.82) is 0 Å². The van der Waals surface area contributed by atoms with Crippen LogP contribution in [0.4, 0.5) is 11.4 Å². The Bertz CT molecular complexity index is 413. The Labute approximate surface area is 110 Å². The summed E-state index contributed by atoms with van der Waals surface area (Å²) in [4.78, 5) is 11.4. The van der Waals surface area contributed by atoms with E-state index in [0.29, 0.717) is 18.4 Å². The molecule has 3 nitrogen and oxygen atoms in total. The van der Waals surface area contributed by atoms with E-state index in [1.54, 1.807) is 0 Å². The fourth-order valence-electron chi connectivity index (χ4n) is 1.52. The first-order valence-electron chi connectivity index (χ1n) is 6.61. The number of carbonyl (C=O) groups excluding carboxylic acids is 1. The normalized spacial score (nSPS) is 12.3.